The van der Waals surface area contributed by atoms with Crippen molar-refractivity contribution < 1.29 is 4.79 Å². The molecule has 0 fully saturated rings. The predicted octanol–water partition coefficient (Wildman–Crippen LogP) is 4.78. The standard InChI is InChI=1S/C21H17N3O2S2/c1-13-14(2)27-21-22-12-16(20(26)24(13)21)19(25)23-17-10-6-7-11-18(17)28-15-8-4-3-5-9-15/h3-12H,1-2H3,(H,23,25). The minimum atomic E-state index is -0.462. The number of amides is 1. The summed E-state index contributed by atoms with van der Waals surface area (Å²) in [6, 6.07) is 17.5. The fourth-order valence-corrected chi connectivity index (χ4v) is 4.65. The van der Waals surface area contributed by atoms with E-state index in [1.54, 1.807) is 11.8 Å². The van der Waals surface area contributed by atoms with E-state index in [-0.39, 0.29) is 11.1 Å². The minimum absolute atomic E-state index is 0.0258. The summed E-state index contributed by atoms with van der Waals surface area (Å²) < 4.78 is 1.50. The van der Waals surface area contributed by atoms with Crippen LogP contribution in [0.1, 0.15) is 20.9 Å². The van der Waals surface area contributed by atoms with Crippen LogP contribution in [0.2, 0.25) is 0 Å². The maximum atomic E-state index is 12.8. The van der Waals surface area contributed by atoms with E-state index in [4.69, 9.17) is 0 Å². The number of carbonyl (C=O) groups is 1. The Balaban J connectivity index is 1.66. The highest BCUT2D eigenvalue weighted by Gasteiger charge is 2.17. The number of nitrogens with zero attached hydrogens (tertiary/aromatic N) is 2. The number of carbonyl (C=O) groups excluding carboxylic acids is 1. The van der Waals surface area contributed by atoms with Gasteiger partial charge in [-0.15, -0.1) is 11.3 Å². The molecule has 4 aromatic rings. The van der Waals surface area contributed by atoms with Gasteiger partial charge in [-0.05, 0) is 38.1 Å². The van der Waals surface area contributed by atoms with Gasteiger partial charge in [0, 0.05) is 26.6 Å². The lowest BCUT2D eigenvalue weighted by Gasteiger charge is -2.10. The van der Waals surface area contributed by atoms with E-state index in [1.165, 1.54) is 21.9 Å². The van der Waals surface area contributed by atoms with E-state index in [9.17, 15) is 9.59 Å². The molecule has 0 aliphatic rings. The van der Waals surface area contributed by atoms with Crippen LogP contribution in [0, 0.1) is 13.8 Å². The molecule has 5 nitrogen and oxygen atoms in total. The van der Waals surface area contributed by atoms with Crippen LogP contribution in [0.4, 0.5) is 5.69 Å². The van der Waals surface area contributed by atoms with E-state index < -0.39 is 5.91 Å². The largest absolute Gasteiger partial charge is 0.321 e. The van der Waals surface area contributed by atoms with Gasteiger partial charge in [-0.1, -0.05) is 42.1 Å². The predicted molar refractivity (Wildman–Crippen MR) is 114 cm³/mol. The third-order valence-corrected chi connectivity index (χ3v) is 6.53. The van der Waals surface area contributed by atoms with Crippen molar-refractivity contribution in [2.75, 3.05) is 5.32 Å². The monoisotopic (exact) mass is 407 g/mol. The molecule has 0 saturated carbocycles. The molecule has 0 unspecified atom stereocenters. The number of aromatic nitrogens is 2. The van der Waals surface area contributed by atoms with Crippen molar-refractivity contribution in [1.29, 1.82) is 0 Å². The molecule has 1 amide bonds. The van der Waals surface area contributed by atoms with Crippen LogP contribution in [-0.4, -0.2) is 15.3 Å². The first kappa shape index (κ1) is 18.5. The van der Waals surface area contributed by atoms with Crippen LogP contribution in [0.25, 0.3) is 4.96 Å². The van der Waals surface area contributed by atoms with Gasteiger partial charge < -0.3 is 5.32 Å². The fraction of sp³-hybridized carbons (Fsp3) is 0.0952. The zero-order chi connectivity index (χ0) is 19.7. The molecular weight excluding hydrogens is 390 g/mol. The van der Waals surface area contributed by atoms with Crippen LogP contribution in [0.15, 0.2) is 75.4 Å². The van der Waals surface area contributed by atoms with Crippen LogP contribution in [-0.2, 0) is 0 Å². The topological polar surface area (TPSA) is 63.5 Å². The van der Waals surface area contributed by atoms with E-state index in [0.717, 1.165) is 20.4 Å². The summed E-state index contributed by atoms with van der Waals surface area (Å²) in [5.41, 5.74) is 1.15. The third-order valence-electron chi connectivity index (χ3n) is 4.37. The smallest absolute Gasteiger partial charge is 0.271 e. The molecule has 0 radical (unpaired) electrons. The highest BCUT2D eigenvalue weighted by molar-refractivity contribution is 7.99. The number of hydrogen-bond donors (Lipinski definition) is 1. The molecule has 0 atom stereocenters. The summed E-state index contributed by atoms with van der Waals surface area (Å²) in [6.07, 6.45) is 1.36. The Morgan fingerprint density at radius 3 is 2.57 bits per heavy atom. The number of benzene rings is 2. The van der Waals surface area contributed by atoms with Gasteiger partial charge in [-0.25, -0.2) is 4.98 Å². The van der Waals surface area contributed by atoms with Crippen molar-refractivity contribution in [3.8, 4) is 0 Å². The van der Waals surface area contributed by atoms with E-state index in [2.05, 4.69) is 10.3 Å². The molecule has 2 aromatic carbocycles. The summed E-state index contributed by atoms with van der Waals surface area (Å²) in [5.74, 6) is -0.462. The Kier molecular flexibility index (Phi) is 5.02. The molecule has 0 aliphatic carbocycles. The average Bonchev–Trinajstić information content (AvgIpc) is 2.99. The lowest BCUT2D eigenvalue weighted by Crippen LogP contribution is -2.26. The van der Waals surface area contributed by atoms with Gasteiger partial charge in [0.15, 0.2) is 4.96 Å². The van der Waals surface area contributed by atoms with Crippen molar-refractivity contribution in [2.24, 2.45) is 0 Å². The molecule has 2 heterocycles. The lowest BCUT2D eigenvalue weighted by atomic mass is 10.2. The number of aryl methyl sites for hydroxylation is 2. The maximum Gasteiger partial charge on any atom is 0.271 e. The van der Waals surface area contributed by atoms with Crippen LogP contribution >= 0.6 is 23.1 Å². The number of thiazole rings is 1. The van der Waals surface area contributed by atoms with E-state index in [0.29, 0.717) is 10.6 Å². The number of para-hydroxylation sites is 1. The van der Waals surface area contributed by atoms with Crippen molar-refractivity contribution >= 4 is 39.7 Å². The molecule has 28 heavy (non-hydrogen) atoms. The summed E-state index contributed by atoms with van der Waals surface area (Å²) in [7, 11) is 0. The van der Waals surface area contributed by atoms with Gasteiger partial charge in [-0.3, -0.25) is 14.0 Å². The Morgan fingerprint density at radius 1 is 1.07 bits per heavy atom. The molecular formula is C21H17N3O2S2. The number of nitrogens with one attached hydrogen (secondary N) is 1. The van der Waals surface area contributed by atoms with Gasteiger partial charge in [0.1, 0.15) is 5.56 Å². The summed E-state index contributed by atoms with van der Waals surface area (Å²) in [6.45, 7) is 3.79. The van der Waals surface area contributed by atoms with Gasteiger partial charge in [0.25, 0.3) is 11.5 Å². The molecule has 0 saturated heterocycles. The van der Waals surface area contributed by atoms with Crippen LogP contribution in [0.5, 0.6) is 0 Å². The Labute approximate surface area is 170 Å². The molecule has 0 spiro atoms. The second-order valence-corrected chi connectivity index (χ2v) is 8.50. The van der Waals surface area contributed by atoms with Gasteiger partial charge in [0.05, 0.1) is 5.69 Å². The van der Waals surface area contributed by atoms with Crippen molar-refractivity contribution in [3.05, 3.63) is 87.3 Å². The number of rotatable bonds is 4. The first-order valence-corrected chi connectivity index (χ1v) is 10.3. The first-order valence-electron chi connectivity index (χ1n) is 8.65. The molecule has 0 bridgehead atoms. The Morgan fingerprint density at radius 2 is 1.79 bits per heavy atom. The SMILES string of the molecule is Cc1sc2ncc(C(=O)Nc3ccccc3Sc3ccccc3)c(=O)n2c1C. The van der Waals surface area contributed by atoms with Gasteiger partial charge in [-0.2, -0.15) is 0 Å². The highest BCUT2D eigenvalue weighted by Crippen LogP contribution is 2.33. The molecule has 140 valence electrons. The quantitative estimate of drug-likeness (QED) is 0.529. The summed E-state index contributed by atoms with van der Waals surface area (Å²) in [5, 5.41) is 2.87. The lowest BCUT2D eigenvalue weighted by molar-refractivity contribution is 0.102. The van der Waals surface area contributed by atoms with E-state index >= 15 is 0 Å². The van der Waals surface area contributed by atoms with Gasteiger partial charge >= 0.3 is 0 Å². The Hall–Kier alpha value is -2.90. The maximum absolute atomic E-state index is 12.8. The second-order valence-electron chi connectivity index (χ2n) is 6.20. The number of anilines is 1. The summed E-state index contributed by atoms with van der Waals surface area (Å²) >= 11 is 2.99. The zero-order valence-electron chi connectivity index (χ0n) is 15.3. The summed E-state index contributed by atoms with van der Waals surface area (Å²) in [4.78, 5) is 33.5. The van der Waals surface area contributed by atoms with Crippen molar-refractivity contribution in [2.45, 2.75) is 23.6 Å². The van der Waals surface area contributed by atoms with Crippen molar-refractivity contribution in [3.63, 3.8) is 0 Å². The molecule has 4 rings (SSSR count). The third kappa shape index (κ3) is 3.46. The normalized spacial score (nSPS) is 10.9. The minimum Gasteiger partial charge on any atom is -0.321 e. The van der Waals surface area contributed by atoms with Crippen LogP contribution < -0.4 is 10.9 Å². The van der Waals surface area contributed by atoms with Crippen molar-refractivity contribution in [1.82, 2.24) is 9.38 Å². The average molecular weight is 408 g/mol. The zero-order valence-corrected chi connectivity index (χ0v) is 16.9. The fourth-order valence-electron chi connectivity index (χ4n) is 2.80. The van der Waals surface area contributed by atoms with Crippen LogP contribution in [0.3, 0.4) is 0 Å². The van der Waals surface area contributed by atoms with Gasteiger partial charge in [0.2, 0.25) is 0 Å². The molecule has 1 N–H and O–H groups in total. The molecule has 2 aromatic heterocycles. The second kappa shape index (κ2) is 7.61. The van der Waals surface area contributed by atoms with E-state index in [1.807, 2.05) is 68.4 Å². The first-order chi connectivity index (χ1) is 13.5. The highest BCUT2D eigenvalue weighted by atomic mass is 32.2. The number of fused-ring (bicyclic) bond motifs is 1. The number of hydrogen-bond acceptors (Lipinski definition) is 5. The molecule has 0 aliphatic heterocycles. The Bertz CT molecular complexity index is 1230. The molecule has 7 heteroatoms.